The molecule has 14 nitrogen and oxygen atoms in total. The Hall–Kier alpha value is -5.94. The molecule has 0 aliphatic carbocycles. The van der Waals surface area contributed by atoms with Crippen LogP contribution in [-0.2, 0) is 4.79 Å². The Morgan fingerprint density at radius 2 is 1.73 bits per heavy atom. The van der Waals surface area contributed by atoms with Crippen molar-refractivity contribution in [1.29, 1.82) is 5.41 Å². The summed E-state index contributed by atoms with van der Waals surface area (Å²) in [4.78, 5) is 39.6. The lowest BCUT2D eigenvalue weighted by Gasteiger charge is -2.20. The number of carbonyl (C=O) groups is 2. The highest BCUT2D eigenvalue weighted by atomic mass is 19.4. The SMILES string of the molecule is COc1cc(OC)c(F)c(C(Nc2ccc(C(=N)N)cc2)c2nn(-c3cccc(C(=O)O)n3)c(=O)[nH]2)c1.O=C(O)C(F)(F)F. The molecule has 0 fully saturated rings. The fourth-order valence-electron chi connectivity index (χ4n) is 3.56. The van der Waals surface area contributed by atoms with Crippen LogP contribution in [0.25, 0.3) is 5.82 Å². The third-order valence-corrected chi connectivity index (χ3v) is 5.64. The van der Waals surface area contributed by atoms with Crippen molar-refractivity contribution >= 4 is 23.5 Å². The molecule has 0 spiro atoms. The molecule has 0 radical (unpaired) electrons. The molecular formula is C26H23F4N7O7. The van der Waals surface area contributed by atoms with Gasteiger partial charge in [0, 0.05) is 22.9 Å². The smallest absolute Gasteiger partial charge is 0.490 e. The van der Waals surface area contributed by atoms with Gasteiger partial charge in [-0.15, -0.1) is 5.10 Å². The summed E-state index contributed by atoms with van der Waals surface area (Å²) in [6.45, 7) is 0. The summed E-state index contributed by atoms with van der Waals surface area (Å²) < 4.78 is 58.6. The van der Waals surface area contributed by atoms with Crippen LogP contribution < -0.4 is 26.2 Å². The number of rotatable bonds is 9. The number of hydrogen-bond acceptors (Lipinski definition) is 9. The van der Waals surface area contributed by atoms with Crippen LogP contribution in [0, 0.1) is 11.2 Å². The highest BCUT2D eigenvalue weighted by Gasteiger charge is 2.38. The van der Waals surface area contributed by atoms with Crippen LogP contribution in [0.5, 0.6) is 11.5 Å². The van der Waals surface area contributed by atoms with Gasteiger partial charge in [-0.05, 0) is 42.5 Å². The van der Waals surface area contributed by atoms with Crippen molar-refractivity contribution in [3.8, 4) is 17.3 Å². The Labute approximate surface area is 244 Å². The number of nitrogens with one attached hydrogen (secondary N) is 3. The van der Waals surface area contributed by atoms with Crippen LogP contribution in [0.4, 0.5) is 23.2 Å². The maximum atomic E-state index is 15.5. The predicted molar refractivity (Wildman–Crippen MR) is 145 cm³/mol. The first-order valence-electron chi connectivity index (χ1n) is 12.0. The summed E-state index contributed by atoms with van der Waals surface area (Å²) in [6, 6.07) is 12.3. The highest BCUT2D eigenvalue weighted by Crippen LogP contribution is 2.34. The third kappa shape index (κ3) is 7.66. The number of carboxylic acid groups (broad SMARTS) is 2. The second kappa shape index (κ2) is 13.4. The van der Waals surface area contributed by atoms with Crippen molar-refractivity contribution in [3.63, 3.8) is 0 Å². The van der Waals surface area contributed by atoms with Gasteiger partial charge in [-0.25, -0.2) is 23.8 Å². The number of hydrogen-bond donors (Lipinski definition) is 6. The number of methoxy groups -OCH3 is 2. The molecule has 7 N–H and O–H groups in total. The molecule has 2 heterocycles. The first-order valence-corrected chi connectivity index (χ1v) is 12.0. The van der Waals surface area contributed by atoms with Gasteiger partial charge < -0.3 is 30.7 Å². The lowest BCUT2D eigenvalue weighted by atomic mass is 10.0. The number of H-pyrrole nitrogens is 1. The van der Waals surface area contributed by atoms with E-state index < -0.39 is 35.7 Å². The maximum Gasteiger partial charge on any atom is 0.490 e. The molecule has 0 aliphatic rings. The number of aromatic carboxylic acids is 1. The number of nitrogens with two attached hydrogens (primary N) is 1. The lowest BCUT2D eigenvalue weighted by Crippen LogP contribution is -2.21. The number of aliphatic carboxylic acids is 1. The predicted octanol–water partition coefficient (Wildman–Crippen LogP) is 2.93. The van der Waals surface area contributed by atoms with Crippen molar-refractivity contribution < 1.29 is 46.8 Å². The maximum absolute atomic E-state index is 15.5. The zero-order valence-corrected chi connectivity index (χ0v) is 22.6. The lowest BCUT2D eigenvalue weighted by molar-refractivity contribution is -0.192. The van der Waals surface area contributed by atoms with Gasteiger partial charge in [-0.2, -0.15) is 17.9 Å². The first kappa shape index (κ1) is 32.6. The molecule has 4 aromatic rings. The number of aromatic nitrogens is 4. The number of amidine groups is 1. The van der Waals surface area contributed by atoms with E-state index in [1.165, 1.54) is 44.6 Å². The summed E-state index contributed by atoms with van der Waals surface area (Å²) >= 11 is 0. The Morgan fingerprint density at radius 3 is 2.25 bits per heavy atom. The van der Waals surface area contributed by atoms with E-state index in [-0.39, 0.29) is 34.5 Å². The third-order valence-electron chi connectivity index (χ3n) is 5.64. The second-order valence-electron chi connectivity index (χ2n) is 8.52. The number of aromatic amines is 1. The number of halogens is 4. The number of benzene rings is 2. The average Bonchev–Trinajstić information content (AvgIpc) is 3.37. The van der Waals surface area contributed by atoms with Gasteiger partial charge in [0.1, 0.15) is 17.6 Å². The fraction of sp³-hybridized carbons (Fsp3) is 0.154. The van der Waals surface area contributed by atoms with Crippen LogP contribution >= 0.6 is 0 Å². The topological polar surface area (TPSA) is 219 Å². The fourth-order valence-corrected chi connectivity index (χ4v) is 3.56. The van der Waals surface area contributed by atoms with Crippen LogP contribution in [0.2, 0.25) is 0 Å². The number of ether oxygens (including phenoxy) is 2. The van der Waals surface area contributed by atoms with Crippen molar-refractivity contribution in [3.05, 3.63) is 93.5 Å². The molecule has 0 saturated heterocycles. The summed E-state index contributed by atoms with van der Waals surface area (Å²) in [7, 11) is 2.72. The molecule has 0 saturated carbocycles. The van der Waals surface area contributed by atoms with E-state index in [0.29, 0.717) is 17.0 Å². The molecule has 232 valence electrons. The van der Waals surface area contributed by atoms with E-state index in [9.17, 15) is 27.9 Å². The molecule has 0 aliphatic heterocycles. The largest absolute Gasteiger partial charge is 0.497 e. The Balaban J connectivity index is 0.000000676. The van der Waals surface area contributed by atoms with E-state index in [0.717, 1.165) is 4.68 Å². The van der Waals surface area contributed by atoms with Crippen LogP contribution in [0.3, 0.4) is 0 Å². The second-order valence-corrected chi connectivity index (χ2v) is 8.52. The Kier molecular flexibility index (Phi) is 9.89. The molecule has 1 atom stereocenters. The molecular weight excluding hydrogens is 598 g/mol. The van der Waals surface area contributed by atoms with Crippen LogP contribution in [0.1, 0.15) is 33.5 Å². The first-order chi connectivity index (χ1) is 20.7. The molecule has 18 heteroatoms. The number of pyridine rings is 1. The van der Waals surface area contributed by atoms with E-state index >= 15 is 4.39 Å². The van der Waals surface area contributed by atoms with Gasteiger partial charge in [0.05, 0.1) is 14.2 Å². The van der Waals surface area contributed by atoms with Crippen molar-refractivity contribution in [2.75, 3.05) is 19.5 Å². The number of alkyl halides is 3. The van der Waals surface area contributed by atoms with Crippen molar-refractivity contribution in [1.82, 2.24) is 19.7 Å². The van der Waals surface area contributed by atoms with Gasteiger partial charge >= 0.3 is 23.8 Å². The van der Waals surface area contributed by atoms with Crippen molar-refractivity contribution in [2.45, 2.75) is 12.2 Å². The summed E-state index contributed by atoms with van der Waals surface area (Å²) in [5.74, 6) is -4.71. The Morgan fingerprint density at radius 1 is 1.09 bits per heavy atom. The zero-order valence-electron chi connectivity index (χ0n) is 22.6. The number of anilines is 1. The molecule has 0 bridgehead atoms. The highest BCUT2D eigenvalue weighted by molar-refractivity contribution is 5.95. The Bertz CT molecular complexity index is 1740. The minimum Gasteiger partial charge on any atom is -0.497 e. The molecule has 4 rings (SSSR count). The van der Waals surface area contributed by atoms with Gasteiger partial charge in [0.25, 0.3) is 0 Å². The van der Waals surface area contributed by atoms with Gasteiger partial charge in [0.15, 0.2) is 28.9 Å². The summed E-state index contributed by atoms with van der Waals surface area (Å²) in [5, 5.41) is 31.3. The van der Waals surface area contributed by atoms with Gasteiger partial charge in [-0.3, -0.25) is 10.4 Å². The van der Waals surface area contributed by atoms with Crippen LogP contribution in [-0.4, -0.2) is 68.1 Å². The average molecular weight is 622 g/mol. The van der Waals surface area contributed by atoms with Gasteiger partial charge in [-0.1, -0.05) is 6.07 Å². The van der Waals surface area contributed by atoms with E-state index in [1.54, 1.807) is 24.3 Å². The molecule has 44 heavy (non-hydrogen) atoms. The zero-order chi connectivity index (χ0) is 32.8. The monoisotopic (exact) mass is 621 g/mol. The molecule has 2 aromatic heterocycles. The summed E-state index contributed by atoms with van der Waals surface area (Å²) in [5.41, 5.74) is 5.55. The number of nitrogen functional groups attached to an aromatic ring is 1. The number of nitrogens with zero attached hydrogens (tertiary/aromatic N) is 3. The van der Waals surface area contributed by atoms with E-state index in [1.807, 2.05) is 0 Å². The standard InChI is InChI=1S/C24H22FN7O5.C2HF3O2/c1-36-14-10-15(19(25)17(11-14)37-2)20(28-13-8-6-12(7-9-13)21(26)27)22-30-24(35)32(31-22)18-5-3-4-16(29-18)23(33)34;3-2(4,5)1(6)7/h3-11,20,28H,1-2H3,(H3,26,27)(H,33,34)(H,30,31,35);(H,6,7). The molecule has 0 amide bonds. The number of carboxylic acids is 2. The van der Waals surface area contributed by atoms with Crippen LogP contribution in [0.15, 0.2) is 59.4 Å². The van der Waals surface area contributed by atoms with E-state index in [4.69, 9.17) is 30.5 Å². The minimum absolute atomic E-state index is 0.00243. The normalized spacial score (nSPS) is 11.5. The van der Waals surface area contributed by atoms with Crippen molar-refractivity contribution in [2.24, 2.45) is 5.73 Å². The minimum atomic E-state index is -5.08. The van der Waals surface area contributed by atoms with Gasteiger partial charge in [0.2, 0.25) is 0 Å². The summed E-state index contributed by atoms with van der Waals surface area (Å²) in [6.07, 6.45) is -5.08. The molecule has 2 aromatic carbocycles. The quantitative estimate of drug-likeness (QED) is 0.0906. The molecule has 1 unspecified atom stereocenters. The van der Waals surface area contributed by atoms with E-state index in [2.05, 4.69) is 20.4 Å².